The van der Waals surface area contributed by atoms with Gasteiger partial charge in [0.2, 0.25) is 11.8 Å². The lowest BCUT2D eigenvalue weighted by atomic mass is 9.87. The van der Waals surface area contributed by atoms with E-state index < -0.39 is 0 Å². The first kappa shape index (κ1) is 19.8. The summed E-state index contributed by atoms with van der Waals surface area (Å²) in [5.41, 5.74) is 2.78. The van der Waals surface area contributed by atoms with Crippen LogP contribution in [0.5, 0.6) is 0 Å². The lowest BCUT2D eigenvalue weighted by Crippen LogP contribution is -3.07. The average molecular weight is 390 g/mol. The Morgan fingerprint density at radius 1 is 1.26 bits per heavy atom. The maximum atomic E-state index is 11.8. The van der Waals surface area contributed by atoms with Crippen LogP contribution in [0.2, 0.25) is 0 Å². The number of carbonyl (C=O) groups is 1. The number of hydrogen-bond acceptors (Lipinski definition) is 4. The van der Waals surface area contributed by atoms with Crippen molar-refractivity contribution in [2.75, 3.05) is 13.6 Å². The van der Waals surface area contributed by atoms with E-state index in [4.69, 9.17) is 16.6 Å². The molecule has 1 aromatic carbocycles. The van der Waals surface area contributed by atoms with Crippen LogP contribution in [-0.4, -0.2) is 34.2 Å². The summed E-state index contributed by atoms with van der Waals surface area (Å²) in [5.74, 6) is 0.671. The van der Waals surface area contributed by atoms with E-state index in [9.17, 15) is 4.79 Å². The van der Waals surface area contributed by atoms with Crippen LogP contribution < -0.4 is 4.90 Å². The molecule has 1 atom stereocenters. The van der Waals surface area contributed by atoms with Crippen LogP contribution in [0.25, 0.3) is 0 Å². The fourth-order valence-corrected chi connectivity index (χ4v) is 3.53. The van der Waals surface area contributed by atoms with Gasteiger partial charge in [0.15, 0.2) is 6.67 Å². The van der Waals surface area contributed by atoms with Crippen molar-refractivity contribution in [1.82, 2.24) is 14.7 Å². The molecular weight excluding hydrogens is 360 g/mol. The molecule has 2 aromatic rings. The predicted molar refractivity (Wildman–Crippen MR) is 106 cm³/mol. The summed E-state index contributed by atoms with van der Waals surface area (Å²) in [6.07, 6.45) is 1.52. The predicted octanol–water partition coefficient (Wildman–Crippen LogP) is 2.30. The van der Waals surface area contributed by atoms with Gasteiger partial charge >= 0.3 is 0 Å². The molecule has 0 bridgehead atoms. The molecule has 146 valence electrons. The van der Waals surface area contributed by atoms with Crippen LogP contribution >= 0.6 is 12.2 Å². The minimum absolute atomic E-state index is 0.159. The molecule has 1 N–H and O–H groups in total. The van der Waals surface area contributed by atoms with Gasteiger partial charge in [-0.05, 0) is 29.6 Å². The first-order chi connectivity index (χ1) is 12.7. The van der Waals surface area contributed by atoms with Gasteiger partial charge in [-0.25, -0.2) is 0 Å². The molecule has 1 aliphatic heterocycles. The smallest absolute Gasteiger partial charge is 0.291 e. The zero-order chi connectivity index (χ0) is 19.6. The van der Waals surface area contributed by atoms with Crippen LogP contribution in [0.1, 0.15) is 50.6 Å². The second-order valence-corrected chi connectivity index (χ2v) is 8.77. The highest BCUT2D eigenvalue weighted by Crippen LogP contribution is 2.22. The highest BCUT2D eigenvalue weighted by molar-refractivity contribution is 7.71. The van der Waals surface area contributed by atoms with Crippen molar-refractivity contribution >= 4 is 18.1 Å². The van der Waals surface area contributed by atoms with E-state index in [2.05, 4.69) is 57.2 Å². The Labute approximate surface area is 165 Å². The summed E-state index contributed by atoms with van der Waals surface area (Å²) in [6.45, 7) is 9.33. The van der Waals surface area contributed by atoms with Crippen LogP contribution in [0.4, 0.5) is 0 Å². The molecule has 27 heavy (non-hydrogen) atoms. The van der Waals surface area contributed by atoms with Gasteiger partial charge in [0.25, 0.3) is 4.84 Å². The topological polar surface area (TPSA) is 55.7 Å². The minimum Gasteiger partial charge on any atom is -0.412 e. The SMILES string of the molecule is C[NH+](Cc1ccc(C(C)(C)C)cc1)Cn1nc(CN2CCCC2=O)oc1=S. The normalized spacial score (nSPS) is 16.1. The van der Waals surface area contributed by atoms with E-state index in [1.165, 1.54) is 16.0 Å². The lowest BCUT2D eigenvalue weighted by Gasteiger charge is -2.19. The number of benzene rings is 1. The third-order valence-corrected chi connectivity index (χ3v) is 5.19. The third kappa shape index (κ3) is 5.05. The van der Waals surface area contributed by atoms with Gasteiger partial charge in [0, 0.05) is 18.5 Å². The molecule has 0 aliphatic carbocycles. The van der Waals surface area contributed by atoms with E-state index in [-0.39, 0.29) is 11.3 Å². The van der Waals surface area contributed by atoms with E-state index in [0.717, 1.165) is 19.5 Å². The Hall–Kier alpha value is -1.99. The van der Waals surface area contributed by atoms with Crippen LogP contribution in [-0.2, 0) is 30.0 Å². The molecule has 1 aliphatic rings. The van der Waals surface area contributed by atoms with Crippen molar-refractivity contribution in [2.45, 2.75) is 58.8 Å². The minimum atomic E-state index is 0.159. The van der Waals surface area contributed by atoms with E-state index >= 15 is 0 Å². The van der Waals surface area contributed by atoms with Crippen molar-refractivity contribution in [3.63, 3.8) is 0 Å². The van der Waals surface area contributed by atoms with Gasteiger partial charge < -0.3 is 14.2 Å². The van der Waals surface area contributed by atoms with Crippen LogP contribution in [0, 0.1) is 4.84 Å². The van der Waals surface area contributed by atoms with Gasteiger partial charge in [-0.1, -0.05) is 45.0 Å². The lowest BCUT2D eigenvalue weighted by molar-refractivity contribution is -0.917. The second-order valence-electron chi connectivity index (χ2n) is 8.42. The van der Waals surface area contributed by atoms with Gasteiger partial charge in [0.1, 0.15) is 6.54 Å². The van der Waals surface area contributed by atoms with Gasteiger partial charge in [-0.3, -0.25) is 4.79 Å². The van der Waals surface area contributed by atoms with E-state index in [1.54, 1.807) is 9.58 Å². The fourth-order valence-electron chi connectivity index (χ4n) is 3.33. The summed E-state index contributed by atoms with van der Waals surface area (Å²) in [7, 11) is 2.11. The maximum Gasteiger partial charge on any atom is 0.291 e. The number of rotatable bonds is 6. The van der Waals surface area contributed by atoms with Gasteiger partial charge in [-0.2, -0.15) is 4.68 Å². The standard InChI is InChI=1S/C20H28N4O2S/c1-20(2,3)16-9-7-15(8-10-16)12-22(4)14-24-19(27)26-17(21-24)13-23-11-5-6-18(23)25/h7-10H,5-6,11-14H2,1-4H3/p+1. The fraction of sp³-hybridized carbons (Fsp3) is 0.550. The number of hydrogen-bond donors (Lipinski definition) is 1. The first-order valence-corrected chi connectivity index (χ1v) is 9.88. The number of nitrogens with one attached hydrogen (secondary N) is 1. The quantitative estimate of drug-likeness (QED) is 0.771. The van der Waals surface area contributed by atoms with E-state index in [0.29, 0.717) is 30.4 Å². The molecular formula is C20H29N4O2S+. The number of likely N-dealkylation sites (tertiary alicyclic amines) is 1. The number of aromatic nitrogens is 2. The molecule has 0 spiro atoms. The Morgan fingerprint density at radius 3 is 2.56 bits per heavy atom. The monoisotopic (exact) mass is 389 g/mol. The molecule has 3 rings (SSSR count). The van der Waals surface area contributed by atoms with Crippen LogP contribution in [0.15, 0.2) is 28.7 Å². The van der Waals surface area contributed by atoms with Gasteiger partial charge in [0.05, 0.1) is 13.6 Å². The summed E-state index contributed by atoms with van der Waals surface area (Å²) < 4.78 is 7.30. The number of quaternary nitrogens is 1. The summed E-state index contributed by atoms with van der Waals surface area (Å²) in [5, 5.41) is 4.47. The average Bonchev–Trinajstić information content (AvgIpc) is 3.13. The number of carbonyl (C=O) groups excluding carboxylic acids is 1. The largest absolute Gasteiger partial charge is 0.412 e. The number of amides is 1. The molecule has 1 amide bonds. The Balaban J connectivity index is 1.60. The Kier molecular flexibility index (Phi) is 5.81. The zero-order valence-corrected chi connectivity index (χ0v) is 17.4. The van der Waals surface area contributed by atoms with Crippen molar-refractivity contribution in [3.05, 3.63) is 46.1 Å². The van der Waals surface area contributed by atoms with E-state index in [1.807, 2.05) is 0 Å². The zero-order valence-electron chi connectivity index (χ0n) is 16.6. The Bertz CT molecular complexity index is 848. The molecule has 2 heterocycles. The molecule has 7 heteroatoms. The molecule has 1 unspecified atom stereocenters. The number of nitrogens with zero attached hydrogens (tertiary/aromatic N) is 3. The second kappa shape index (κ2) is 7.94. The highest BCUT2D eigenvalue weighted by atomic mass is 32.1. The van der Waals surface area contributed by atoms with Crippen LogP contribution in [0.3, 0.4) is 0 Å². The summed E-state index contributed by atoms with van der Waals surface area (Å²) in [6, 6.07) is 8.79. The Morgan fingerprint density at radius 2 is 1.96 bits per heavy atom. The molecule has 1 fully saturated rings. The molecule has 1 aromatic heterocycles. The molecule has 0 saturated carbocycles. The highest BCUT2D eigenvalue weighted by Gasteiger charge is 2.22. The maximum absolute atomic E-state index is 11.8. The van der Waals surface area contributed by atoms with Crippen molar-refractivity contribution in [3.8, 4) is 0 Å². The molecule has 0 radical (unpaired) electrons. The molecule has 1 saturated heterocycles. The summed E-state index contributed by atoms with van der Waals surface area (Å²) >= 11 is 5.30. The van der Waals surface area contributed by atoms with Crippen molar-refractivity contribution in [2.24, 2.45) is 0 Å². The molecule has 6 nitrogen and oxygen atoms in total. The summed E-state index contributed by atoms with van der Waals surface area (Å²) in [4.78, 5) is 15.1. The first-order valence-electron chi connectivity index (χ1n) is 9.48. The third-order valence-electron chi connectivity index (χ3n) is 4.89. The van der Waals surface area contributed by atoms with Crippen molar-refractivity contribution < 1.29 is 14.1 Å². The van der Waals surface area contributed by atoms with Gasteiger partial charge in [-0.15, -0.1) is 5.10 Å². The van der Waals surface area contributed by atoms with Crippen molar-refractivity contribution in [1.29, 1.82) is 0 Å².